The molecule has 1 aliphatic rings. The van der Waals surface area contributed by atoms with E-state index in [9.17, 15) is 18.0 Å². The molecular weight excluding hydrogens is 444 g/mol. The van der Waals surface area contributed by atoms with Crippen molar-refractivity contribution in [3.8, 4) is 0 Å². The van der Waals surface area contributed by atoms with E-state index in [1.165, 1.54) is 16.4 Å². The first-order valence-corrected chi connectivity index (χ1v) is 12.2. The van der Waals surface area contributed by atoms with Gasteiger partial charge >= 0.3 is 11.8 Å². The third kappa shape index (κ3) is 5.24. The van der Waals surface area contributed by atoms with Crippen LogP contribution in [0.5, 0.6) is 0 Å². The second kappa shape index (κ2) is 10.2. The van der Waals surface area contributed by atoms with Crippen LogP contribution in [-0.2, 0) is 30.8 Å². The molecule has 0 saturated carbocycles. The Hall–Kier alpha value is -3.21. The Kier molecular flexibility index (Phi) is 7.07. The first-order valence-electron chi connectivity index (χ1n) is 10.8. The van der Waals surface area contributed by atoms with Gasteiger partial charge in [-0.3, -0.25) is 9.59 Å². The summed E-state index contributed by atoms with van der Waals surface area (Å²) in [5.41, 5.74) is 2.06. The molecule has 0 aliphatic carbocycles. The van der Waals surface area contributed by atoms with Crippen molar-refractivity contribution in [2.75, 3.05) is 26.2 Å². The van der Waals surface area contributed by atoms with E-state index in [1.54, 1.807) is 18.2 Å². The first kappa shape index (κ1) is 23.0. The molecule has 1 aromatic heterocycles. The number of hydrogen-bond acceptors (Lipinski definition) is 5. The Morgan fingerprint density at radius 1 is 1.03 bits per heavy atom. The lowest BCUT2D eigenvalue weighted by atomic mass is 10.1. The summed E-state index contributed by atoms with van der Waals surface area (Å²) in [7, 11) is -3.78. The number of fused-ring (bicyclic) bond motifs is 1. The van der Waals surface area contributed by atoms with Gasteiger partial charge in [0, 0.05) is 30.2 Å². The van der Waals surface area contributed by atoms with Gasteiger partial charge in [-0.05, 0) is 36.6 Å². The molecule has 1 saturated heterocycles. The average Bonchev–Trinajstić information content (AvgIpc) is 3.26. The molecule has 1 aliphatic heterocycles. The Bertz CT molecular complexity index is 1230. The Balaban J connectivity index is 1.30. The molecule has 174 valence electrons. The largest absolute Gasteiger partial charge is 0.361 e. The maximum atomic E-state index is 13.0. The van der Waals surface area contributed by atoms with Crippen LogP contribution in [0.4, 0.5) is 0 Å². The fourth-order valence-corrected chi connectivity index (χ4v) is 5.41. The topological polar surface area (TPSA) is 121 Å². The van der Waals surface area contributed by atoms with Crippen LogP contribution in [0.2, 0.25) is 0 Å². The van der Waals surface area contributed by atoms with Crippen LogP contribution in [0, 0.1) is 0 Å². The van der Waals surface area contributed by atoms with E-state index in [4.69, 9.17) is 4.74 Å². The maximum Gasteiger partial charge on any atom is 0.309 e. The Morgan fingerprint density at radius 2 is 1.76 bits per heavy atom. The van der Waals surface area contributed by atoms with Crippen LogP contribution in [0.1, 0.15) is 12.0 Å². The van der Waals surface area contributed by atoms with Gasteiger partial charge in [-0.2, -0.15) is 4.31 Å². The maximum absolute atomic E-state index is 13.0. The van der Waals surface area contributed by atoms with Crippen LogP contribution in [0.25, 0.3) is 10.9 Å². The zero-order valence-electron chi connectivity index (χ0n) is 18.0. The number of nitrogens with zero attached hydrogens (tertiary/aromatic N) is 1. The number of aromatic amines is 1. The van der Waals surface area contributed by atoms with E-state index in [1.807, 2.05) is 30.5 Å². The molecule has 2 aromatic carbocycles. The molecule has 0 spiro atoms. The van der Waals surface area contributed by atoms with E-state index < -0.39 is 28.1 Å². The summed E-state index contributed by atoms with van der Waals surface area (Å²) in [6.45, 7) is 0.816. The molecule has 0 bridgehead atoms. The van der Waals surface area contributed by atoms with Gasteiger partial charge in [0.15, 0.2) is 0 Å². The van der Waals surface area contributed by atoms with Gasteiger partial charge in [0.05, 0.1) is 18.0 Å². The van der Waals surface area contributed by atoms with E-state index in [-0.39, 0.29) is 18.0 Å². The molecule has 2 amide bonds. The molecular formula is C23H26N4O5S. The minimum atomic E-state index is -3.78. The number of nitrogens with one attached hydrogen (secondary N) is 3. The number of aromatic nitrogens is 1. The highest BCUT2D eigenvalue weighted by atomic mass is 32.2. The first-order chi connectivity index (χ1) is 16.0. The van der Waals surface area contributed by atoms with E-state index in [2.05, 4.69) is 15.6 Å². The number of amides is 2. The quantitative estimate of drug-likeness (QED) is 0.451. The number of carbonyl (C=O) groups is 2. The fourth-order valence-electron chi connectivity index (χ4n) is 3.82. The molecule has 0 radical (unpaired) electrons. The molecule has 33 heavy (non-hydrogen) atoms. The number of rotatable bonds is 7. The van der Waals surface area contributed by atoms with Gasteiger partial charge in [0.25, 0.3) is 0 Å². The lowest BCUT2D eigenvalue weighted by molar-refractivity contribution is -0.140. The second-order valence-electron chi connectivity index (χ2n) is 7.68. The van der Waals surface area contributed by atoms with Crippen molar-refractivity contribution in [3.05, 3.63) is 66.4 Å². The summed E-state index contributed by atoms with van der Waals surface area (Å²) in [5.74, 6) is -1.61. The number of H-pyrrole nitrogens is 1. The second-order valence-corrected chi connectivity index (χ2v) is 9.57. The van der Waals surface area contributed by atoms with Gasteiger partial charge in [-0.25, -0.2) is 8.42 Å². The Morgan fingerprint density at radius 3 is 2.58 bits per heavy atom. The molecule has 2 heterocycles. The highest BCUT2D eigenvalue weighted by molar-refractivity contribution is 7.89. The van der Waals surface area contributed by atoms with Crippen LogP contribution < -0.4 is 10.6 Å². The number of sulfonamides is 1. The monoisotopic (exact) mass is 470 g/mol. The summed E-state index contributed by atoms with van der Waals surface area (Å²) in [6.07, 6.45) is 2.12. The fraction of sp³-hybridized carbons (Fsp3) is 0.304. The highest BCUT2D eigenvalue weighted by Gasteiger charge is 2.34. The number of para-hydroxylation sites is 1. The highest BCUT2D eigenvalue weighted by Crippen LogP contribution is 2.22. The lowest BCUT2D eigenvalue weighted by Gasteiger charge is -2.34. The summed E-state index contributed by atoms with van der Waals surface area (Å²) in [5, 5.41) is 6.17. The number of carbonyl (C=O) groups excluding carboxylic acids is 2. The molecule has 4 rings (SSSR count). The zero-order valence-corrected chi connectivity index (χ0v) is 18.8. The SMILES string of the molecule is O=C(NCCc1c[nH]c2ccccc12)C(=O)NC[C@@H]1OCCCN1S(=O)(=O)c1ccccc1. The van der Waals surface area contributed by atoms with E-state index >= 15 is 0 Å². The van der Waals surface area contributed by atoms with Crippen LogP contribution >= 0.6 is 0 Å². The smallest absolute Gasteiger partial charge is 0.309 e. The van der Waals surface area contributed by atoms with Crippen molar-refractivity contribution >= 4 is 32.7 Å². The van der Waals surface area contributed by atoms with E-state index in [0.717, 1.165) is 16.5 Å². The van der Waals surface area contributed by atoms with Gasteiger partial charge < -0.3 is 20.4 Å². The van der Waals surface area contributed by atoms with Gasteiger partial charge in [-0.1, -0.05) is 36.4 Å². The van der Waals surface area contributed by atoms with Gasteiger partial charge in [0.2, 0.25) is 10.0 Å². The average molecular weight is 471 g/mol. The van der Waals surface area contributed by atoms with Gasteiger partial charge in [0.1, 0.15) is 6.23 Å². The molecule has 3 aromatic rings. The molecule has 1 fully saturated rings. The molecule has 1 atom stereocenters. The van der Waals surface area contributed by atoms with Crippen LogP contribution in [-0.4, -0.2) is 62.0 Å². The minimum absolute atomic E-state index is 0.124. The molecule has 0 unspecified atom stereocenters. The summed E-state index contributed by atoms with van der Waals surface area (Å²) in [4.78, 5) is 27.8. The van der Waals surface area contributed by atoms with Gasteiger partial charge in [-0.15, -0.1) is 0 Å². The number of benzene rings is 2. The normalized spacial score (nSPS) is 17.0. The molecule has 9 nitrogen and oxygen atoms in total. The zero-order chi connectivity index (χ0) is 23.3. The summed E-state index contributed by atoms with van der Waals surface area (Å²) < 4.78 is 32.8. The predicted octanol–water partition coefficient (Wildman–Crippen LogP) is 1.38. The number of ether oxygens (including phenoxy) is 1. The minimum Gasteiger partial charge on any atom is -0.361 e. The third-order valence-corrected chi connectivity index (χ3v) is 7.41. The predicted molar refractivity (Wildman–Crippen MR) is 123 cm³/mol. The van der Waals surface area contributed by atoms with Crippen LogP contribution in [0.15, 0.2) is 65.7 Å². The lowest BCUT2D eigenvalue weighted by Crippen LogP contribution is -2.53. The summed E-state index contributed by atoms with van der Waals surface area (Å²) >= 11 is 0. The third-order valence-electron chi connectivity index (χ3n) is 5.50. The van der Waals surface area contributed by atoms with Crippen LogP contribution in [0.3, 0.4) is 0 Å². The molecule has 3 N–H and O–H groups in total. The standard InChI is InChI=1S/C23H26N4O5S/c28-22(24-12-11-17-15-25-20-10-5-4-9-19(17)20)23(29)26-16-21-27(13-6-14-32-21)33(30,31)18-7-2-1-3-8-18/h1-5,7-10,15,21,25H,6,11-14,16H2,(H,24,28)(H,26,29)/t21-/m0/s1. The van der Waals surface area contributed by atoms with Crippen molar-refractivity contribution in [2.45, 2.75) is 24.0 Å². The van der Waals surface area contributed by atoms with Crippen molar-refractivity contribution in [1.29, 1.82) is 0 Å². The van der Waals surface area contributed by atoms with Crippen molar-refractivity contribution in [2.24, 2.45) is 0 Å². The van der Waals surface area contributed by atoms with Crippen molar-refractivity contribution in [3.63, 3.8) is 0 Å². The summed E-state index contributed by atoms with van der Waals surface area (Å²) in [6, 6.07) is 15.9. The molecule has 10 heteroatoms. The number of hydrogen-bond donors (Lipinski definition) is 3. The van der Waals surface area contributed by atoms with Crippen molar-refractivity contribution < 1.29 is 22.7 Å². The van der Waals surface area contributed by atoms with E-state index in [0.29, 0.717) is 26.0 Å². The van der Waals surface area contributed by atoms with Crippen molar-refractivity contribution in [1.82, 2.24) is 19.9 Å². The Labute approximate surface area is 192 Å².